The smallest absolute Gasteiger partial charge is 0.306 e. The minimum absolute atomic E-state index is 0.0382. The highest BCUT2D eigenvalue weighted by atomic mass is 16.4. The fourth-order valence-electron chi connectivity index (χ4n) is 1.66. The fourth-order valence-corrected chi connectivity index (χ4v) is 1.66. The number of carboxylic acids is 1. The van der Waals surface area contributed by atoms with Crippen LogP contribution in [0.2, 0.25) is 0 Å². The number of nitrogens with one attached hydrogen (secondary N) is 2. The van der Waals surface area contributed by atoms with Gasteiger partial charge in [-0.15, -0.1) is 0 Å². The zero-order valence-electron chi connectivity index (χ0n) is 8.79. The summed E-state index contributed by atoms with van der Waals surface area (Å²) in [6.07, 6.45) is 2.49. The molecule has 0 aromatic carbocycles. The first kappa shape index (κ1) is 12.0. The number of amides is 1. The maximum Gasteiger partial charge on any atom is 0.306 e. The van der Waals surface area contributed by atoms with E-state index in [0.717, 1.165) is 6.42 Å². The molecular formula is C10H18N2O3. The third kappa shape index (κ3) is 4.78. The summed E-state index contributed by atoms with van der Waals surface area (Å²) in [4.78, 5) is 22.0. The molecular weight excluding hydrogens is 196 g/mol. The number of aliphatic carboxylic acids is 1. The zero-order valence-corrected chi connectivity index (χ0v) is 8.79. The van der Waals surface area contributed by atoms with Gasteiger partial charge in [0.05, 0.1) is 5.92 Å². The molecule has 0 spiro atoms. The lowest BCUT2D eigenvalue weighted by molar-refractivity contribution is -0.142. The molecule has 1 amide bonds. The molecule has 0 aliphatic carbocycles. The molecule has 0 unspecified atom stereocenters. The van der Waals surface area contributed by atoms with Crippen molar-refractivity contribution in [3.8, 4) is 0 Å². The molecule has 5 nitrogen and oxygen atoms in total. The van der Waals surface area contributed by atoms with Gasteiger partial charge in [0.25, 0.3) is 0 Å². The van der Waals surface area contributed by atoms with Crippen LogP contribution in [0.5, 0.6) is 0 Å². The molecule has 1 saturated heterocycles. The Kier molecular flexibility index (Phi) is 5.10. The van der Waals surface area contributed by atoms with E-state index < -0.39 is 5.97 Å². The Labute approximate surface area is 89.2 Å². The summed E-state index contributed by atoms with van der Waals surface area (Å²) in [5.74, 6) is -0.980. The molecule has 1 rings (SSSR count). The average molecular weight is 214 g/mol. The van der Waals surface area contributed by atoms with Gasteiger partial charge in [0, 0.05) is 19.5 Å². The first-order valence-corrected chi connectivity index (χ1v) is 5.40. The number of carbonyl (C=O) groups is 2. The van der Waals surface area contributed by atoms with E-state index >= 15 is 0 Å². The van der Waals surface area contributed by atoms with Gasteiger partial charge < -0.3 is 15.7 Å². The quantitative estimate of drug-likeness (QED) is 0.572. The Morgan fingerprint density at radius 1 is 1.27 bits per heavy atom. The number of rotatable bonds is 1. The number of carbonyl (C=O) groups excluding carboxylic acids is 1. The highest BCUT2D eigenvalue weighted by Gasteiger charge is 2.17. The van der Waals surface area contributed by atoms with Crippen molar-refractivity contribution in [2.75, 3.05) is 19.6 Å². The van der Waals surface area contributed by atoms with Crippen LogP contribution in [0.3, 0.4) is 0 Å². The second-order valence-electron chi connectivity index (χ2n) is 3.82. The van der Waals surface area contributed by atoms with Gasteiger partial charge in [0.15, 0.2) is 0 Å². The molecule has 1 heterocycles. The van der Waals surface area contributed by atoms with Crippen molar-refractivity contribution >= 4 is 11.9 Å². The second kappa shape index (κ2) is 6.40. The van der Waals surface area contributed by atoms with Crippen molar-refractivity contribution in [1.29, 1.82) is 0 Å². The summed E-state index contributed by atoms with van der Waals surface area (Å²) in [6.45, 7) is 1.88. The van der Waals surface area contributed by atoms with Crippen LogP contribution in [0.4, 0.5) is 0 Å². The lowest BCUT2D eigenvalue weighted by Gasteiger charge is -2.11. The van der Waals surface area contributed by atoms with E-state index in [-0.39, 0.29) is 11.8 Å². The summed E-state index contributed by atoms with van der Waals surface area (Å²) >= 11 is 0. The van der Waals surface area contributed by atoms with Gasteiger partial charge in [-0.25, -0.2) is 0 Å². The van der Waals surface area contributed by atoms with E-state index in [1.54, 1.807) is 0 Å². The molecule has 1 atom stereocenters. The monoisotopic (exact) mass is 214 g/mol. The molecule has 0 bridgehead atoms. The van der Waals surface area contributed by atoms with E-state index in [1.165, 1.54) is 0 Å². The van der Waals surface area contributed by atoms with E-state index in [2.05, 4.69) is 10.6 Å². The number of carboxylic acid groups (broad SMARTS) is 1. The normalized spacial score (nSPS) is 25.1. The number of hydrogen-bond acceptors (Lipinski definition) is 3. The predicted octanol–water partition coefficient (Wildman–Crippen LogP) is -0.0330. The maximum absolute atomic E-state index is 11.2. The zero-order chi connectivity index (χ0) is 11.1. The molecule has 0 aromatic heterocycles. The molecule has 1 aliphatic rings. The van der Waals surface area contributed by atoms with Crippen LogP contribution in [-0.4, -0.2) is 36.6 Å². The van der Waals surface area contributed by atoms with Gasteiger partial charge in [-0.1, -0.05) is 0 Å². The maximum atomic E-state index is 11.2. The molecule has 1 fully saturated rings. The van der Waals surface area contributed by atoms with Crippen LogP contribution < -0.4 is 10.6 Å². The van der Waals surface area contributed by atoms with Crippen molar-refractivity contribution in [2.24, 2.45) is 5.92 Å². The second-order valence-corrected chi connectivity index (χ2v) is 3.82. The van der Waals surface area contributed by atoms with E-state index in [1.807, 2.05) is 0 Å². The van der Waals surface area contributed by atoms with Crippen LogP contribution in [0.25, 0.3) is 0 Å². The summed E-state index contributed by atoms with van der Waals surface area (Å²) < 4.78 is 0. The largest absolute Gasteiger partial charge is 0.481 e. The lowest BCUT2D eigenvalue weighted by Crippen LogP contribution is -2.28. The standard InChI is InChI=1S/C10H18N2O3/c13-9-4-7-11-6-3-8(10(14)15)2-1-5-12-9/h8,11H,1-7H2,(H,12,13)(H,14,15)/t8-/m0/s1. The SMILES string of the molecule is O=C1CCNCC[C@@H](C(=O)O)CCCN1. The van der Waals surface area contributed by atoms with Crippen molar-refractivity contribution in [1.82, 2.24) is 10.6 Å². The first-order valence-electron chi connectivity index (χ1n) is 5.40. The van der Waals surface area contributed by atoms with Crippen molar-refractivity contribution in [2.45, 2.75) is 25.7 Å². The van der Waals surface area contributed by atoms with Gasteiger partial charge in [-0.2, -0.15) is 0 Å². The molecule has 3 N–H and O–H groups in total. The average Bonchev–Trinajstić information content (AvgIpc) is 2.23. The molecule has 1 aliphatic heterocycles. The van der Waals surface area contributed by atoms with Gasteiger partial charge in [0.1, 0.15) is 0 Å². The summed E-state index contributed by atoms with van der Waals surface area (Å²) in [5.41, 5.74) is 0. The van der Waals surface area contributed by atoms with Crippen molar-refractivity contribution in [3.63, 3.8) is 0 Å². The fraction of sp³-hybridized carbons (Fsp3) is 0.800. The minimum atomic E-state index is -0.734. The van der Waals surface area contributed by atoms with Gasteiger partial charge >= 0.3 is 5.97 Å². The molecule has 0 radical (unpaired) electrons. The highest BCUT2D eigenvalue weighted by Crippen LogP contribution is 2.11. The van der Waals surface area contributed by atoms with Crippen LogP contribution in [0.15, 0.2) is 0 Å². The summed E-state index contributed by atoms with van der Waals surface area (Å²) in [7, 11) is 0. The molecule has 0 aromatic rings. The summed E-state index contributed by atoms with van der Waals surface area (Å²) in [5, 5.41) is 14.8. The summed E-state index contributed by atoms with van der Waals surface area (Å²) in [6, 6.07) is 0. The van der Waals surface area contributed by atoms with Crippen LogP contribution >= 0.6 is 0 Å². The van der Waals surface area contributed by atoms with Crippen LogP contribution in [-0.2, 0) is 9.59 Å². The first-order chi connectivity index (χ1) is 7.20. The highest BCUT2D eigenvalue weighted by molar-refractivity contribution is 5.76. The Bertz CT molecular complexity index is 231. The molecule has 0 saturated carbocycles. The Balaban J connectivity index is 2.40. The Hall–Kier alpha value is -1.10. The van der Waals surface area contributed by atoms with E-state index in [9.17, 15) is 9.59 Å². The van der Waals surface area contributed by atoms with Gasteiger partial charge in [-0.05, 0) is 25.8 Å². The van der Waals surface area contributed by atoms with Crippen LogP contribution in [0, 0.1) is 5.92 Å². The van der Waals surface area contributed by atoms with Crippen molar-refractivity contribution < 1.29 is 14.7 Å². The van der Waals surface area contributed by atoms with E-state index in [0.29, 0.717) is 38.9 Å². The molecule has 5 heteroatoms. The third-order valence-corrected chi connectivity index (χ3v) is 2.60. The Morgan fingerprint density at radius 2 is 2.07 bits per heavy atom. The lowest BCUT2D eigenvalue weighted by atomic mass is 10.00. The van der Waals surface area contributed by atoms with Gasteiger partial charge in [-0.3, -0.25) is 9.59 Å². The topological polar surface area (TPSA) is 78.4 Å². The van der Waals surface area contributed by atoms with E-state index in [4.69, 9.17) is 5.11 Å². The third-order valence-electron chi connectivity index (χ3n) is 2.60. The Morgan fingerprint density at radius 3 is 2.80 bits per heavy atom. The number of hydrogen-bond donors (Lipinski definition) is 3. The van der Waals surface area contributed by atoms with Crippen molar-refractivity contribution in [3.05, 3.63) is 0 Å². The van der Waals surface area contributed by atoms with Crippen LogP contribution in [0.1, 0.15) is 25.7 Å². The minimum Gasteiger partial charge on any atom is -0.481 e. The molecule has 15 heavy (non-hydrogen) atoms. The molecule has 86 valence electrons. The predicted molar refractivity (Wildman–Crippen MR) is 55.5 cm³/mol. The van der Waals surface area contributed by atoms with Gasteiger partial charge in [0.2, 0.25) is 5.91 Å².